The van der Waals surface area contributed by atoms with E-state index in [1.165, 1.54) is 0 Å². The van der Waals surface area contributed by atoms with Crippen LogP contribution in [-0.4, -0.2) is 15.2 Å². The predicted octanol–water partition coefficient (Wildman–Crippen LogP) is 6.64. The second-order valence-corrected chi connectivity index (χ2v) is 9.08. The van der Waals surface area contributed by atoms with Gasteiger partial charge in [-0.2, -0.15) is 0 Å². The summed E-state index contributed by atoms with van der Waals surface area (Å²) in [4.78, 5) is 6.36. The highest BCUT2D eigenvalue weighted by atomic mass is 79.9. The fraction of sp³-hybridized carbons (Fsp3) is 0.0833. The molecule has 160 valence electrons. The molecular formula is C24H17BrClN3O2S. The molecule has 5 nitrogen and oxygen atoms in total. The predicted molar refractivity (Wildman–Crippen MR) is 133 cm³/mol. The van der Waals surface area contributed by atoms with E-state index in [0.717, 1.165) is 21.5 Å². The van der Waals surface area contributed by atoms with Crippen molar-refractivity contribution in [3.8, 4) is 17.1 Å². The zero-order chi connectivity index (χ0) is 22.2. The largest absolute Gasteiger partial charge is 0.506 e. The number of nitrogens with one attached hydrogen (secondary N) is 1. The molecule has 4 aromatic rings. The molecule has 1 aliphatic rings. The highest BCUT2D eigenvalue weighted by Crippen LogP contribution is 2.45. The first-order valence-corrected chi connectivity index (χ1v) is 11.4. The number of rotatable bonds is 4. The summed E-state index contributed by atoms with van der Waals surface area (Å²) in [6, 6.07) is 21.7. The summed E-state index contributed by atoms with van der Waals surface area (Å²) in [6.07, 6.45) is 1.74. The number of furan rings is 1. The third-order valence-electron chi connectivity index (χ3n) is 5.34. The van der Waals surface area contributed by atoms with Crippen molar-refractivity contribution in [3.63, 3.8) is 0 Å². The molecule has 32 heavy (non-hydrogen) atoms. The van der Waals surface area contributed by atoms with Crippen LogP contribution in [0.25, 0.3) is 11.3 Å². The number of aromatic hydroxyl groups is 1. The van der Waals surface area contributed by atoms with E-state index in [0.29, 0.717) is 21.6 Å². The van der Waals surface area contributed by atoms with Crippen LogP contribution in [-0.2, 0) is 0 Å². The van der Waals surface area contributed by atoms with Crippen LogP contribution in [0, 0.1) is 0 Å². The van der Waals surface area contributed by atoms with Crippen molar-refractivity contribution in [2.75, 3.05) is 4.90 Å². The molecule has 0 bridgehead atoms. The maximum Gasteiger partial charge on any atom is 0.174 e. The molecule has 0 radical (unpaired) electrons. The van der Waals surface area contributed by atoms with E-state index in [1.807, 2.05) is 59.5 Å². The molecule has 5 rings (SSSR count). The Morgan fingerprint density at radius 2 is 1.88 bits per heavy atom. The molecule has 1 aliphatic heterocycles. The Labute approximate surface area is 203 Å². The van der Waals surface area contributed by atoms with Crippen molar-refractivity contribution in [1.29, 1.82) is 0 Å². The third-order valence-corrected chi connectivity index (χ3v) is 6.42. The first kappa shape index (κ1) is 21.0. The van der Waals surface area contributed by atoms with Crippen LogP contribution in [0.1, 0.15) is 23.5 Å². The van der Waals surface area contributed by atoms with Gasteiger partial charge >= 0.3 is 0 Å². The van der Waals surface area contributed by atoms with Crippen LogP contribution in [0.3, 0.4) is 0 Å². The van der Waals surface area contributed by atoms with Crippen LogP contribution >= 0.6 is 39.7 Å². The zero-order valence-electron chi connectivity index (χ0n) is 16.6. The molecule has 1 fully saturated rings. The van der Waals surface area contributed by atoms with E-state index in [2.05, 4.69) is 26.2 Å². The maximum atomic E-state index is 10.6. The van der Waals surface area contributed by atoms with Crippen LogP contribution in [0.2, 0.25) is 5.02 Å². The number of aromatic nitrogens is 1. The van der Waals surface area contributed by atoms with Gasteiger partial charge in [0.25, 0.3) is 0 Å². The van der Waals surface area contributed by atoms with Crippen molar-refractivity contribution >= 4 is 50.5 Å². The molecule has 2 aromatic heterocycles. The van der Waals surface area contributed by atoms with Gasteiger partial charge in [-0.3, -0.25) is 4.98 Å². The molecule has 3 heterocycles. The number of hydrogen-bond acceptors (Lipinski definition) is 4. The average molecular weight is 527 g/mol. The molecule has 0 amide bonds. The third kappa shape index (κ3) is 3.88. The van der Waals surface area contributed by atoms with Gasteiger partial charge in [0, 0.05) is 21.3 Å². The van der Waals surface area contributed by atoms with Crippen molar-refractivity contribution in [2.45, 2.75) is 12.1 Å². The number of thiocarbonyl (C=S) groups is 1. The lowest BCUT2D eigenvalue weighted by Gasteiger charge is -2.26. The monoisotopic (exact) mass is 525 g/mol. The normalized spacial score (nSPS) is 18.1. The summed E-state index contributed by atoms with van der Waals surface area (Å²) in [5.74, 6) is 1.50. The van der Waals surface area contributed by atoms with Crippen molar-refractivity contribution in [1.82, 2.24) is 10.3 Å². The lowest BCUT2D eigenvalue weighted by Crippen LogP contribution is -2.29. The molecule has 0 aliphatic carbocycles. The van der Waals surface area contributed by atoms with Crippen LogP contribution in [0.5, 0.6) is 5.75 Å². The number of pyridine rings is 1. The number of hydrogen-bond donors (Lipinski definition) is 2. The van der Waals surface area contributed by atoms with Gasteiger partial charge < -0.3 is 19.7 Å². The fourth-order valence-corrected chi connectivity index (χ4v) is 4.64. The summed E-state index contributed by atoms with van der Waals surface area (Å²) >= 11 is 15.4. The Balaban J connectivity index is 1.62. The molecule has 2 unspecified atom stereocenters. The summed E-state index contributed by atoms with van der Waals surface area (Å²) in [7, 11) is 0. The van der Waals surface area contributed by atoms with E-state index in [-0.39, 0.29) is 17.8 Å². The van der Waals surface area contributed by atoms with Crippen molar-refractivity contribution < 1.29 is 9.52 Å². The molecule has 2 aromatic carbocycles. The molecule has 8 heteroatoms. The average Bonchev–Trinajstić information content (AvgIpc) is 3.41. The van der Waals surface area contributed by atoms with Gasteiger partial charge in [-0.1, -0.05) is 45.7 Å². The van der Waals surface area contributed by atoms with Gasteiger partial charge in [0.05, 0.1) is 17.4 Å². The molecule has 1 saturated heterocycles. The van der Waals surface area contributed by atoms with Gasteiger partial charge in [0.2, 0.25) is 0 Å². The lowest BCUT2D eigenvalue weighted by atomic mass is 10.0. The number of phenolic OH excluding ortho intramolecular Hbond substituents is 1. The van der Waals surface area contributed by atoms with Gasteiger partial charge in [-0.15, -0.1) is 0 Å². The fourth-order valence-electron chi connectivity index (χ4n) is 3.87. The minimum absolute atomic E-state index is 0.0740. The summed E-state index contributed by atoms with van der Waals surface area (Å²) < 4.78 is 7.31. The number of halogens is 2. The maximum absolute atomic E-state index is 10.6. The molecule has 0 saturated carbocycles. The Morgan fingerprint density at radius 3 is 2.62 bits per heavy atom. The Bertz CT molecular complexity index is 1280. The Kier molecular flexibility index (Phi) is 5.63. The molecular weight excluding hydrogens is 510 g/mol. The van der Waals surface area contributed by atoms with Crippen LogP contribution < -0.4 is 10.2 Å². The van der Waals surface area contributed by atoms with Gasteiger partial charge in [0.15, 0.2) is 5.11 Å². The molecule has 2 N–H and O–H groups in total. The minimum atomic E-state index is -0.383. The smallest absolute Gasteiger partial charge is 0.174 e. The summed E-state index contributed by atoms with van der Waals surface area (Å²) in [5.41, 5.74) is 2.27. The van der Waals surface area contributed by atoms with E-state index < -0.39 is 0 Å². The topological polar surface area (TPSA) is 61.5 Å². The van der Waals surface area contributed by atoms with E-state index in [9.17, 15) is 5.11 Å². The minimum Gasteiger partial charge on any atom is -0.506 e. The van der Waals surface area contributed by atoms with Gasteiger partial charge in [-0.05, 0) is 66.8 Å². The highest BCUT2D eigenvalue weighted by Gasteiger charge is 2.43. The second kappa shape index (κ2) is 8.58. The standard InChI is InChI=1S/C24H17BrClN3O2S/c25-15-6-4-14(5-7-15)20-10-11-21(31-20)23-22(17-3-1-2-12-27-17)28-24(32)29(23)18-13-16(26)8-9-19(18)30/h1-13,22-23,30H,(H,28,32). The SMILES string of the molecule is Oc1ccc(Cl)cc1N1C(=S)NC(c2ccccn2)C1c1ccc(-c2ccc(Br)cc2)o1. The highest BCUT2D eigenvalue weighted by molar-refractivity contribution is 9.10. The zero-order valence-corrected chi connectivity index (χ0v) is 19.7. The van der Waals surface area contributed by atoms with E-state index in [1.54, 1.807) is 24.4 Å². The summed E-state index contributed by atoms with van der Waals surface area (Å²) in [6.45, 7) is 0. The number of phenols is 1. The molecule has 0 spiro atoms. The van der Waals surface area contributed by atoms with Crippen LogP contribution in [0.4, 0.5) is 5.69 Å². The first-order valence-electron chi connectivity index (χ1n) is 9.86. The lowest BCUT2D eigenvalue weighted by molar-refractivity contribution is 0.434. The Hall–Kier alpha value is -2.87. The van der Waals surface area contributed by atoms with Crippen molar-refractivity contribution in [3.05, 3.63) is 99.9 Å². The quantitative estimate of drug-likeness (QED) is 0.291. The number of anilines is 1. The first-order chi connectivity index (χ1) is 15.5. The van der Waals surface area contributed by atoms with Crippen LogP contribution in [0.15, 0.2) is 87.9 Å². The number of nitrogens with zero attached hydrogens (tertiary/aromatic N) is 2. The Morgan fingerprint density at radius 1 is 1.06 bits per heavy atom. The second-order valence-electron chi connectivity index (χ2n) is 7.34. The van der Waals surface area contributed by atoms with Crippen molar-refractivity contribution in [2.24, 2.45) is 0 Å². The van der Waals surface area contributed by atoms with E-state index >= 15 is 0 Å². The molecule has 2 atom stereocenters. The summed E-state index contributed by atoms with van der Waals surface area (Å²) in [5, 5.41) is 14.9. The van der Waals surface area contributed by atoms with Gasteiger partial charge in [-0.25, -0.2) is 0 Å². The van der Waals surface area contributed by atoms with Gasteiger partial charge in [0.1, 0.15) is 23.3 Å². The van der Waals surface area contributed by atoms with E-state index in [4.69, 9.17) is 28.2 Å². The number of benzene rings is 2.